The summed E-state index contributed by atoms with van der Waals surface area (Å²) in [5, 5.41) is 13.5. The molecule has 0 saturated carbocycles. The molecule has 0 radical (unpaired) electrons. The molecule has 0 spiro atoms. The monoisotopic (exact) mass is 333 g/mol. The van der Waals surface area contributed by atoms with Crippen LogP contribution in [0.1, 0.15) is 28.3 Å². The number of fused-ring (bicyclic) bond motifs is 1. The Bertz CT molecular complexity index is 908. The lowest BCUT2D eigenvalue weighted by Gasteiger charge is -2.21. The van der Waals surface area contributed by atoms with Crippen LogP contribution in [0.4, 0.5) is 0 Å². The van der Waals surface area contributed by atoms with Gasteiger partial charge < -0.3 is 10.0 Å². The minimum Gasteiger partial charge on any atom is -0.390 e. The van der Waals surface area contributed by atoms with Gasteiger partial charge in [-0.3, -0.25) is 23.4 Å². The van der Waals surface area contributed by atoms with E-state index in [-0.39, 0.29) is 18.2 Å². The largest absolute Gasteiger partial charge is 0.390 e. The van der Waals surface area contributed by atoms with Gasteiger partial charge in [0.15, 0.2) is 0 Å². The van der Waals surface area contributed by atoms with E-state index < -0.39 is 11.2 Å². The zero-order chi connectivity index (χ0) is 17.4. The van der Waals surface area contributed by atoms with E-state index in [0.717, 1.165) is 10.3 Å². The van der Waals surface area contributed by atoms with Gasteiger partial charge >= 0.3 is 5.69 Å². The number of aliphatic hydroxyl groups excluding tert-OH is 1. The van der Waals surface area contributed by atoms with Crippen LogP contribution in [-0.4, -0.2) is 41.4 Å². The van der Waals surface area contributed by atoms with E-state index in [1.165, 1.54) is 24.7 Å². The summed E-state index contributed by atoms with van der Waals surface area (Å²) in [6, 6.07) is 2.94. The van der Waals surface area contributed by atoms with E-state index >= 15 is 0 Å². The lowest BCUT2D eigenvalue weighted by atomic mass is 10.2. The molecule has 2 aromatic rings. The summed E-state index contributed by atoms with van der Waals surface area (Å²) in [7, 11) is 2.85. The molecule has 1 amide bonds. The average molecular weight is 333 g/mol. The Hall–Kier alpha value is -2.68. The molecule has 1 aliphatic rings. The molecule has 3 heterocycles. The van der Waals surface area contributed by atoms with Crippen molar-refractivity contribution in [1.29, 1.82) is 0 Å². The SMILES string of the molecule is Cn1c(C(=O)N2CCCn3nc(CO)cc3C2)cc(=O)n(C)c1=O. The number of nitrogens with zero attached hydrogens (tertiary/aromatic N) is 5. The fourth-order valence-electron chi connectivity index (χ4n) is 2.87. The van der Waals surface area contributed by atoms with Crippen LogP contribution in [0, 0.1) is 0 Å². The fraction of sp³-hybridized carbons (Fsp3) is 0.467. The molecule has 1 aliphatic heterocycles. The standard InChI is InChI=1S/C15H19N5O4/c1-17-12(7-13(22)18(2)15(17)24)14(23)19-4-3-5-20-11(8-19)6-10(9-21)16-20/h6-7,21H,3-5,8-9H2,1-2H3. The highest BCUT2D eigenvalue weighted by Gasteiger charge is 2.24. The van der Waals surface area contributed by atoms with Crippen LogP contribution in [0.3, 0.4) is 0 Å². The first-order valence-electron chi connectivity index (χ1n) is 7.65. The molecule has 0 atom stereocenters. The van der Waals surface area contributed by atoms with Gasteiger partial charge in [0.1, 0.15) is 5.69 Å². The minimum atomic E-state index is -0.534. The van der Waals surface area contributed by atoms with Gasteiger partial charge in [-0.1, -0.05) is 0 Å². The smallest absolute Gasteiger partial charge is 0.331 e. The summed E-state index contributed by atoms with van der Waals surface area (Å²) in [6.45, 7) is 1.31. The van der Waals surface area contributed by atoms with Crippen LogP contribution < -0.4 is 11.2 Å². The van der Waals surface area contributed by atoms with Gasteiger partial charge in [0.25, 0.3) is 11.5 Å². The van der Waals surface area contributed by atoms with E-state index in [9.17, 15) is 19.5 Å². The van der Waals surface area contributed by atoms with Crippen molar-refractivity contribution < 1.29 is 9.90 Å². The molecule has 3 rings (SSSR count). The van der Waals surface area contributed by atoms with Gasteiger partial charge in [-0.25, -0.2) is 4.79 Å². The Kier molecular flexibility index (Phi) is 4.10. The molecule has 9 heteroatoms. The van der Waals surface area contributed by atoms with Crippen LogP contribution in [0.5, 0.6) is 0 Å². The molecule has 9 nitrogen and oxygen atoms in total. The molecule has 0 saturated heterocycles. The van der Waals surface area contributed by atoms with Gasteiger partial charge in [-0.05, 0) is 12.5 Å². The highest BCUT2D eigenvalue weighted by Crippen LogP contribution is 2.15. The number of amides is 1. The molecule has 24 heavy (non-hydrogen) atoms. The molecule has 0 unspecified atom stereocenters. The molecule has 0 aliphatic carbocycles. The predicted octanol–water partition coefficient (Wildman–Crippen LogP) is -1.18. The van der Waals surface area contributed by atoms with E-state index in [4.69, 9.17) is 0 Å². The van der Waals surface area contributed by atoms with E-state index in [1.807, 2.05) is 0 Å². The van der Waals surface area contributed by atoms with Crippen molar-refractivity contribution in [1.82, 2.24) is 23.8 Å². The van der Waals surface area contributed by atoms with Crippen molar-refractivity contribution in [3.8, 4) is 0 Å². The van der Waals surface area contributed by atoms with E-state index in [2.05, 4.69) is 5.10 Å². The normalized spacial score (nSPS) is 14.4. The third-order valence-electron chi connectivity index (χ3n) is 4.26. The third-order valence-corrected chi connectivity index (χ3v) is 4.26. The van der Waals surface area contributed by atoms with E-state index in [0.29, 0.717) is 31.7 Å². The molecular formula is C15H19N5O4. The van der Waals surface area contributed by atoms with Gasteiger partial charge in [-0.2, -0.15) is 5.10 Å². The maximum atomic E-state index is 12.8. The van der Waals surface area contributed by atoms with Crippen molar-refractivity contribution in [2.75, 3.05) is 6.54 Å². The number of hydrogen-bond acceptors (Lipinski definition) is 5. The van der Waals surface area contributed by atoms with Crippen molar-refractivity contribution in [2.45, 2.75) is 26.1 Å². The summed E-state index contributed by atoms with van der Waals surface area (Å²) >= 11 is 0. The summed E-state index contributed by atoms with van der Waals surface area (Å²) in [5.74, 6) is -0.368. The zero-order valence-electron chi connectivity index (χ0n) is 13.6. The molecule has 0 bridgehead atoms. The number of carbonyl (C=O) groups is 1. The van der Waals surface area contributed by atoms with Crippen molar-refractivity contribution in [3.05, 3.63) is 50.1 Å². The van der Waals surface area contributed by atoms with Crippen LogP contribution >= 0.6 is 0 Å². The number of hydrogen-bond donors (Lipinski definition) is 1. The van der Waals surface area contributed by atoms with Crippen molar-refractivity contribution in [3.63, 3.8) is 0 Å². The Morgan fingerprint density at radius 2 is 1.96 bits per heavy atom. The van der Waals surface area contributed by atoms with Crippen LogP contribution in [0.2, 0.25) is 0 Å². The lowest BCUT2D eigenvalue weighted by Crippen LogP contribution is -2.42. The first kappa shape index (κ1) is 16.2. The Morgan fingerprint density at radius 3 is 2.67 bits per heavy atom. The van der Waals surface area contributed by atoms with Gasteiger partial charge in [-0.15, -0.1) is 0 Å². The highest BCUT2D eigenvalue weighted by molar-refractivity contribution is 5.92. The molecule has 128 valence electrons. The number of rotatable bonds is 2. The number of aryl methyl sites for hydroxylation is 1. The average Bonchev–Trinajstić information content (AvgIpc) is 2.86. The molecule has 1 N–H and O–H groups in total. The number of aliphatic hydroxyl groups is 1. The Balaban J connectivity index is 1.96. The molecule has 2 aromatic heterocycles. The summed E-state index contributed by atoms with van der Waals surface area (Å²) in [6.07, 6.45) is 0.698. The lowest BCUT2D eigenvalue weighted by molar-refractivity contribution is 0.0733. The molecule has 0 aromatic carbocycles. The second-order valence-electron chi connectivity index (χ2n) is 5.86. The second kappa shape index (κ2) is 6.08. The Morgan fingerprint density at radius 1 is 1.21 bits per heavy atom. The van der Waals surface area contributed by atoms with Gasteiger partial charge in [0.05, 0.1) is 24.5 Å². The quantitative estimate of drug-likeness (QED) is 0.745. The summed E-state index contributed by atoms with van der Waals surface area (Å²) in [4.78, 5) is 38.3. The third kappa shape index (κ3) is 2.67. The molecular weight excluding hydrogens is 314 g/mol. The first-order valence-corrected chi connectivity index (χ1v) is 7.65. The first-order chi connectivity index (χ1) is 11.4. The number of aromatic nitrogens is 4. The van der Waals surface area contributed by atoms with Crippen LogP contribution in [0.25, 0.3) is 0 Å². The second-order valence-corrected chi connectivity index (χ2v) is 5.86. The summed E-state index contributed by atoms with van der Waals surface area (Å²) < 4.78 is 3.93. The van der Waals surface area contributed by atoms with E-state index in [1.54, 1.807) is 15.6 Å². The minimum absolute atomic E-state index is 0.0680. The maximum absolute atomic E-state index is 12.8. The summed E-state index contributed by atoms with van der Waals surface area (Å²) in [5.41, 5.74) is 0.398. The van der Waals surface area contributed by atoms with Crippen molar-refractivity contribution in [2.24, 2.45) is 14.1 Å². The van der Waals surface area contributed by atoms with Crippen LogP contribution in [0.15, 0.2) is 21.7 Å². The number of carbonyl (C=O) groups excluding carboxylic acids is 1. The topological polar surface area (TPSA) is 102 Å². The van der Waals surface area contributed by atoms with Gasteiger partial charge in [0, 0.05) is 33.3 Å². The zero-order valence-corrected chi connectivity index (χ0v) is 13.6. The Labute approximate surface area is 137 Å². The fourth-order valence-corrected chi connectivity index (χ4v) is 2.87. The van der Waals surface area contributed by atoms with Crippen molar-refractivity contribution >= 4 is 5.91 Å². The molecule has 0 fully saturated rings. The maximum Gasteiger partial charge on any atom is 0.331 e. The van der Waals surface area contributed by atoms with Crippen LogP contribution in [-0.2, 0) is 33.8 Å². The highest BCUT2D eigenvalue weighted by atomic mass is 16.3. The van der Waals surface area contributed by atoms with Gasteiger partial charge in [0.2, 0.25) is 0 Å². The predicted molar refractivity (Wildman–Crippen MR) is 84.4 cm³/mol.